The molecule has 0 aromatic rings. The van der Waals surface area contributed by atoms with Gasteiger partial charge in [-0.2, -0.15) is 30.6 Å². The number of alkyl halides is 6. The Balaban J connectivity index is 3.06. The Morgan fingerprint density at radius 3 is 2.00 bits per heavy atom. The highest BCUT2D eigenvalue weighted by Gasteiger charge is 2.79. The summed E-state index contributed by atoms with van der Waals surface area (Å²) in [6.07, 6.45) is 0.843. The lowest BCUT2D eigenvalue weighted by atomic mass is 10.2. The molecule has 6 nitrogen and oxygen atoms in total. The van der Waals surface area contributed by atoms with Gasteiger partial charge in [0, 0.05) is 13.1 Å². The van der Waals surface area contributed by atoms with Gasteiger partial charge in [-0.15, -0.1) is 4.33 Å². The van der Waals surface area contributed by atoms with Crippen LogP contribution in [0.15, 0.2) is 0 Å². The zero-order valence-electron chi connectivity index (χ0n) is 11.6. The van der Waals surface area contributed by atoms with Crippen LogP contribution in [0.25, 0.3) is 0 Å². The first kappa shape index (κ1) is 20.8. The minimum absolute atomic E-state index is 0.0810. The molecule has 0 aromatic heterocycles. The van der Waals surface area contributed by atoms with Crippen molar-refractivity contribution in [3.63, 3.8) is 0 Å². The van der Waals surface area contributed by atoms with E-state index < -0.39 is 51.6 Å². The van der Waals surface area contributed by atoms with Crippen molar-refractivity contribution in [1.82, 2.24) is 4.31 Å². The van der Waals surface area contributed by atoms with E-state index in [1.54, 1.807) is 0 Å². The summed E-state index contributed by atoms with van der Waals surface area (Å²) in [6, 6.07) is 0. The lowest BCUT2D eigenvalue weighted by Crippen LogP contribution is -2.60. The molecule has 1 heterocycles. The van der Waals surface area contributed by atoms with E-state index >= 15 is 0 Å². The molecule has 0 atom stereocenters. The van der Waals surface area contributed by atoms with Crippen LogP contribution in [-0.2, 0) is 24.3 Å². The fourth-order valence-electron chi connectivity index (χ4n) is 1.74. The van der Waals surface area contributed by atoms with Crippen LogP contribution >= 0.6 is 12.0 Å². The minimum atomic E-state index is -6.27. The topological polar surface area (TPSA) is 65.1 Å². The Hall–Kier alpha value is -0.280. The van der Waals surface area contributed by atoms with Crippen LogP contribution in [-0.4, -0.2) is 49.4 Å². The summed E-state index contributed by atoms with van der Waals surface area (Å²) in [5, 5.41) is -8.24. The van der Waals surface area contributed by atoms with E-state index in [-0.39, 0.29) is 17.1 Å². The van der Waals surface area contributed by atoms with E-state index in [0.29, 0.717) is 6.42 Å². The van der Waals surface area contributed by atoms with Gasteiger partial charge in [0.1, 0.15) is 12.0 Å². The van der Waals surface area contributed by atoms with E-state index in [1.165, 1.54) is 0 Å². The van der Waals surface area contributed by atoms with Gasteiger partial charge >= 0.3 is 16.4 Å². The molecule has 1 aliphatic heterocycles. The smallest absolute Gasteiger partial charge is 0.209 e. The van der Waals surface area contributed by atoms with Gasteiger partial charge in [0.05, 0.1) is 7.11 Å². The second-order valence-corrected chi connectivity index (χ2v) is 7.25. The first-order valence-electron chi connectivity index (χ1n) is 6.10. The molecule has 1 saturated heterocycles. The molecule has 0 unspecified atom stereocenters. The minimum Gasteiger partial charge on any atom is -0.209 e. The zero-order valence-corrected chi connectivity index (χ0v) is 13.2. The average Bonchev–Trinajstić information content (AvgIpc) is 2.47. The van der Waals surface area contributed by atoms with E-state index in [4.69, 9.17) is 0 Å². The van der Waals surface area contributed by atoms with Crippen LogP contribution in [0.3, 0.4) is 0 Å². The van der Waals surface area contributed by atoms with Crippen LogP contribution in [0.5, 0.6) is 0 Å². The molecule has 1 fully saturated rings. The number of hydrogen-bond donors (Lipinski definition) is 0. The number of piperidine rings is 1. The maximum atomic E-state index is 13.8. The molecule has 138 valence electrons. The van der Waals surface area contributed by atoms with Crippen molar-refractivity contribution >= 4 is 22.1 Å². The molecular weight excluding hydrogens is 380 g/mol. The van der Waals surface area contributed by atoms with Crippen molar-refractivity contribution in [1.29, 1.82) is 0 Å². The van der Waals surface area contributed by atoms with Gasteiger partial charge in [-0.1, -0.05) is 11.5 Å². The Morgan fingerprint density at radius 2 is 1.52 bits per heavy atom. The SMILES string of the molecule is COOOSC(F)(F)C(F)(F)C(F)(F)S(=O)(=O)N1CCCCC1. The highest BCUT2D eigenvalue weighted by molar-refractivity contribution is 7.95. The van der Waals surface area contributed by atoms with Gasteiger partial charge in [-0.05, 0) is 12.8 Å². The Labute approximate surface area is 132 Å². The summed E-state index contributed by atoms with van der Waals surface area (Å²) in [5.41, 5.74) is 0. The molecule has 0 spiro atoms. The first-order valence-corrected chi connectivity index (χ1v) is 8.28. The third-order valence-electron chi connectivity index (χ3n) is 2.94. The molecule has 0 bridgehead atoms. The fraction of sp³-hybridized carbons (Fsp3) is 1.00. The number of sulfonamides is 1. The van der Waals surface area contributed by atoms with E-state index in [0.717, 1.165) is 7.11 Å². The van der Waals surface area contributed by atoms with E-state index in [9.17, 15) is 34.8 Å². The molecule has 0 saturated carbocycles. The summed E-state index contributed by atoms with van der Waals surface area (Å²) in [7, 11) is -5.23. The normalized spacial score (nSPS) is 19.1. The van der Waals surface area contributed by atoms with E-state index in [2.05, 4.69) is 14.3 Å². The van der Waals surface area contributed by atoms with Gasteiger partial charge in [0.2, 0.25) is 0 Å². The predicted octanol–water partition coefficient (Wildman–Crippen LogP) is 2.78. The number of nitrogens with zero attached hydrogens (tertiary/aromatic N) is 1. The molecule has 14 heteroatoms. The second-order valence-electron chi connectivity index (χ2n) is 4.46. The quantitative estimate of drug-likeness (QED) is 0.208. The van der Waals surface area contributed by atoms with Crippen LogP contribution in [0, 0.1) is 0 Å². The summed E-state index contributed by atoms with van der Waals surface area (Å²) < 4.78 is 108. The monoisotopic (exact) mass is 393 g/mol. The molecule has 0 amide bonds. The first-order chi connectivity index (χ1) is 10.4. The molecule has 1 rings (SSSR count). The Morgan fingerprint density at radius 1 is 1.00 bits per heavy atom. The van der Waals surface area contributed by atoms with Crippen LogP contribution in [0.2, 0.25) is 0 Å². The summed E-state index contributed by atoms with van der Waals surface area (Å²) in [6.45, 7) is -0.897. The molecule has 0 aromatic carbocycles. The van der Waals surface area contributed by atoms with E-state index in [1.807, 2.05) is 0 Å². The maximum Gasteiger partial charge on any atom is 0.428 e. The molecule has 0 aliphatic carbocycles. The second kappa shape index (κ2) is 7.31. The van der Waals surface area contributed by atoms with Gasteiger partial charge < -0.3 is 0 Å². The molecular formula is C9H13F6NO5S2. The lowest BCUT2D eigenvalue weighted by molar-refractivity contribution is -0.449. The van der Waals surface area contributed by atoms with Gasteiger partial charge in [-0.25, -0.2) is 13.3 Å². The largest absolute Gasteiger partial charge is 0.428 e. The number of hydrogen-bond acceptors (Lipinski definition) is 6. The lowest BCUT2D eigenvalue weighted by Gasteiger charge is -2.35. The third kappa shape index (κ3) is 3.87. The summed E-state index contributed by atoms with van der Waals surface area (Å²) >= 11 is -1.49. The van der Waals surface area contributed by atoms with Crippen LogP contribution < -0.4 is 0 Å². The maximum absolute atomic E-state index is 13.8. The van der Waals surface area contributed by atoms with Crippen molar-refractivity contribution < 1.29 is 49.0 Å². The van der Waals surface area contributed by atoms with Crippen molar-refractivity contribution in [2.24, 2.45) is 0 Å². The highest BCUT2D eigenvalue weighted by atomic mass is 32.2. The van der Waals surface area contributed by atoms with Gasteiger partial charge in [0.15, 0.2) is 0 Å². The average molecular weight is 393 g/mol. The Bertz CT molecular complexity index is 497. The highest BCUT2D eigenvalue weighted by Crippen LogP contribution is 2.54. The third-order valence-corrected chi connectivity index (χ3v) is 5.48. The predicted molar refractivity (Wildman–Crippen MR) is 66.0 cm³/mol. The molecule has 23 heavy (non-hydrogen) atoms. The van der Waals surface area contributed by atoms with Crippen LogP contribution in [0.1, 0.15) is 19.3 Å². The van der Waals surface area contributed by atoms with Crippen LogP contribution in [0.4, 0.5) is 26.3 Å². The number of rotatable bonds is 8. The standard InChI is InChI=1S/C9H13F6NO5S2/c1-19-20-21-22-8(12,13)7(10,11)9(14,15)23(17,18)16-5-3-2-4-6-16/h2-6H2,1H3. The molecule has 0 radical (unpaired) electrons. The van der Waals surface area contributed by atoms with Crippen molar-refractivity contribution in [3.8, 4) is 0 Å². The fourth-order valence-corrected chi connectivity index (χ4v) is 3.72. The zero-order chi connectivity index (χ0) is 17.9. The van der Waals surface area contributed by atoms with Crippen molar-refractivity contribution in [2.45, 2.75) is 35.7 Å². The molecule has 0 N–H and O–H groups in total. The Kier molecular flexibility index (Phi) is 6.60. The summed E-state index contributed by atoms with van der Waals surface area (Å²) in [5.74, 6) is -6.27. The van der Waals surface area contributed by atoms with Gasteiger partial charge in [-0.3, -0.25) is 0 Å². The van der Waals surface area contributed by atoms with Crippen molar-refractivity contribution in [3.05, 3.63) is 0 Å². The van der Waals surface area contributed by atoms with Gasteiger partial charge in [0.25, 0.3) is 10.0 Å². The number of halogens is 6. The van der Waals surface area contributed by atoms with Crippen molar-refractivity contribution in [2.75, 3.05) is 20.2 Å². The summed E-state index contributed by atoms with van der Waals surface area (Å²) in [4.78, 5) is 3.66. The molecule has 1 aliphatic rings.